The molecule has 0 radical (unpaired) electrons. The quantitative estimate of drug-likeness (QED) is 0.587. The van der Waals surface area contributed by atoms with Gasteiger partial charge in [-0.15, -0.1) is 0 Å². The average Bonchev–Trinajstić information content (AvgIpc) is 2.12. The van der Waals surface area contributed by atoms with E-state index in [1.807, 2.05) is 0 Å². The minimum absolute atomic E-state index is 0.844. The van der Waals surface area contributed by atoms with Gasteiger partial charge in [-0.05, 0) is 44.3 Å². The predicted octanol–water partition coefficient (Wildman–Crippen LogP) is 3.40. The van der Waals surface area contributed by atoms with Crippen LogP contribution in [0.3, 0.4) is 0 Å². The second-order valence-electron chi connectivity index (χ2n) is 4.39. The molecule has 0 aromatic carbocycles. The third-order valence-corrected chi connectivity index (χ3v) is 3.17. The van der Waals surface area contributed by atoms with Crippen LogP contribution in [-0.4, -0.2) is 24.5 Å². The Morgan fingerprint density at radius 2 is 1.54 bits per heavy atom. The van der Waals surface area contributed by atoms with Crippen LogP contribution in [0.4, 0.5) is 0 Å². The smallest absolute Gasteiger partial charge is 0.00189 e. The maximum atomic E-state index is 2.51. The lowest BCUT2D eigenvalue weighted by Gasteiger charge is -2.20. The van der Waals surface area contributed by atoms with Crippen molar-refractivity contribution in [1.82, 2.24) is 4.90 Å². The molecule has 0 aliphatic carbocycles. The highest BCUT2D eigenvalue weighted by Gasteiger charge is 2.07. The summed E-state index contributed by atoms with van der Waals surface area (Å²) in [6.07, 6.45) is 2.75. The molecule has 80 valence electrons. The van der Waals surface area contributed by atoms with Gasteiger partial charge in [0.25, 0.3) is 0 Å². The van der Waals surface area contributed by atoms with E-state index in [1.165, 1.54) is 32.5 Å². The fourth-order valence-corrected chi connectivity index (χ4v) is 1.51. The Labute approximate surface area is 84.5 Å². The van der Waals surface area contributed by atoms with Crippen molar-refractivity contribution in [3.63, 3.8) is 0 Å². The maximum Gasteiger partial charge on any atom is -0.00189 e. The summed E-state index contributed by atoms with van der Waals surface area (Å²) in [5, 5.41) is 0. The third-order valence-electron chi connectivity index (χ3n) is 3.17. The summed E-state index contributed by atoms with van der Waals surface area (Å²) in [6.45, 7) is 15.2. The second kappa shape index (κ2) is 7.37. The first-order chi connectivity index (χ1) is 6.11. The van der Waals surface area contributed by atoms with Gasteiger partial charge in [-0.3, -0.25) is 0 Å². The Morgan fingerprint density at radius 1 is 1.00 bits per heavy atom. The fraction of sp³-hybridized carbons (Fsp3) is 1.00. The van der Waals surface area contributed by atoms with Crippen LogP contribution in [0.5, 0.6) is 0 Å². The minimum atomic E-state index is 0.844. The molecule has 0 saturated heterocycles. The Morgan fingerprint density at radius 3 is 1.92 bits per heavy atom. The average molecular weight is 185 g/mol. The second-order valence-corrected chi connectivity index (χ2v) is 4.39. The van der Waals surface area contributed by atoms with Crippen LogP contribution in [0.25, 0.3) is 0 Å². The van der Waals surface area contributed by atoms with Gasteiger partial charge in [-0.25, -0.2) is 0 Å². The summed E-state index contributed by atoms with van der Waals surface area (Å²) >= 11 is 0. The van der Waals surface area contributed by atoms with E-state index in [1.54, 1.807) is 0 Å². The van der Waals surface area contributed by atoms with Gasteiger partial charge in [0.15, 0.2) is 0 Å². The molecule has 0 aromatic rings. The van der Waals surface area contributed by atoms with Crippen molar-refractivity contribution >= 4 is 0 Å². The molecular weight excluding hydrogens is 158 g/mol. The first-order valence-electron chi connectivity index (χ1n) is 5.84. The van der Waals surface area contributed by atoms with Crippen LogP contribution < -0.4 is 0 Å². The van der Waals surface area contributed by atoms with Gasteiger partial charge in [0.05, 0.1) is 0 Å². The van der Waals surface area contributed by atoms with E-state index in [9.17, 15) is 0 Å². The van der Waals surface area contributed by atoms with Crippen LogP contribution in [0, 0.1) is 11.8 Å². The zero-order chi connectivity index (χ0) is 10.3. The normalized spacial score (nSPS) is 14.1. The van der Waals surface area contributed by atoms with Gasteiger partial charge in [0, 0.05) is 0 Å². The molecular formula is C12H27N. The zero-order valence-electron chi connectivity index (χ0n) is 10.1. The summed E-state index contributed by atoms with van der Waals surface area (Å²) < 4.78 is 0. The van der Waals surface area contributed by atoms with Crippen LogP contribution in [0.1, 0.15) is 47.5 Å². The van der Waals surface area contributed by atoms with Crippen molar-refractivity contribution < 1.29 is 0 Å². The van der Waals surface area contributed by atoms with Gasteiger partial charge in [0.1, 0.15) is 0 Å². The molecule has 1 heteroatoms. The Bertz CT molecular complexity index is 104. The molecule has 0 rings (SSSR count). The van der Waals surface area contributed by atoms with Gasteiger partial charge in [0.2, 0.25) is 0 Å². The highest BCUT2D eigenvalue weighted by atomic mass is 15.1. The van der Waals surface area contributed by atoms with Crippen LogP contribution >= 0.6 is 0 Å². The van der Waals surface area contributed by atoms with Crippen molar-refractivity contribution in [2.75, 3.05) is 19.6 Å². The molecule has 0 bridgehead atoms. The highest BCUT2D eigenvalue weighted by Crippen LogP contribution is 2.15. The van der Waals surface area contributed by atoms with Crippen molar-refractivity contribution in [2.24, 2.45) is 11.8 Å². The van der Waals surface area contributed by atoms with Crippen LogP contribution in [0.2, 0.25) is 0 Å². The van der Waals surface area contributed by atoms with E-state index in [0.717, 1.165) is 11.8 Å². The van der Waals surface area contributed by atoms with Crippen LogP contribution in [0.15, 0.2) is 0 Å². The molecule has 0 saturated carbocycles. The SMILES string of the molecule is CCN(CC)CCC[C@H](C)C(C)C. The topological polar surface area (TPSA) is 3.24 Å². The molecule has 0 fully saturated rings. The van der Waals surface area contributed by atoms with Gasteiger partial charge < -0.3 is 4.90 Å². The van der Waals surface area contributed by atoms with E-state index in [-0.39, 0.29) is 0 Å². The largest absolute Gasteiger partial charge is 0.304 e. The number of hydrogen-bond acceptors (Lipinski definition) is 1. The lowest BCUT2D eigenvalue weighted by Crippen LogP contribution is -2.24. The summed E-state index contributed by atoms with van der Waals surface area (Å²) in [5.41, 5.74) is 0. The van der Waals surface area contributed by atoms with E-state index in [0.29, 0.717) is 0 Å². The Hall–Kier alpha value is -0.0400. The Kier molecular flexibility index (Phi) is 7.35. The van der Waals surface area contributed by atoms with Crippen molar-refractivity contribution in [2.45, 2.75) is 47.5 Å². The first kappa shape index (κ1) is 13.0. The number of rotatable bonds is 7. The highest BCUT2D eigenvalue weighted by molar-refractivity contribution is 4.59. The summed E-state index contributed by atoms with van der Waals surface area (Å²) in [7, 11) is 0. The molecule has 0 N–H and O–H groups in total. The minimum Gasteiger partial charge on any atom is -0.304 e. The number of hydrogen-bond donors (Lipinski definition) is 0. The van der Waals surface area contributed by atoms with Gasteiger partial charge in [-0.1, -0.05) is 34.6 Å². The maximum absolute atomic E-state index is 2.51. The standard InChI is InChI=1S/C12H27N/c1-6-13(7-2)10-8-9-12(5)11(3)4/h11-12H,6-10H2,1-5H3/t12-/m0/s1. The lowest BCUT2D eigenvalue weighted by atomic mass is 9.93. The molecule has 0 aliphatic rings. The van der Waals surface area contributed by atoms with Crippen molar-refractivity contribution in [1.29, 1.82) is 0 Å². The predicted molar refractivity (Wildman–Crippen MR) is 61.0 cm³/mol. The van der Waals surface area contributed by atoms with E-state index < -0.39 is 0 Å². The van der Waals surface area contributed by atoms with Crippen LogP contribution in [-0.2, 0) is 0 Å². The molecule has 0 heterocycles. The third kappa shape index (κ3) is 6.09. The molecule has 0 aliphatic heterocycles. The van der Waals surface area contributed by atoms with E-state index >= 15 is 0 Å². The zero-order valence-corrected chi connectivity index (χ0v) is 10.1. The van der Waals surface area contributed by atoms with E-state index in [2.05, 4.69) is 39.5 Å². The summed E-state index contributed by atoms with van der Waals surface area (Å²) in [6, 6.07) is 0. The number of nitrogens with zero attached hydrogens (tertiary/aromatic N) is 1. The van der Waals surface area contributed by atoms with E-state index in [4.69, 9.17) is 0 Å². The summed E-state index contributed by atoms with van der Waals surface area (Å²) in [5.74, 6) is 1.73. The van der Waals surface area contributed by atoms with Gasteiger partial charge >= 0.3 is 0 Å². The monoisotopic (exact) mass is 185 g/mol. The van der Waals surface area contributed by atoms with Crippen molar-refractivity contribution in [3.05, 3.63) is 0 Å². The van der Waals surface area contributed by atoms with Crippen molar-refractivity contribution in [3.8, 4) is 0 Å². The lowest BCUT2D eigenvalue weighted by molar-refractivity contribution is 0.277. The van der Waals surface area contributed by atoms with Gasteiger partial charge in [-0.2, -0.15) is 0 Å². The molecule has 13 heavy (non-hydrogen) atoms. The molecule has 0 unspecified atom stereocenters. The first-order valence-corrected chi connectivity index (χ1v) is 5.84. The molecule has 0 aromatic heterocycles. The fourth-order valence-electron chi connectivity index (χ4n) is 1.51. The molecule has 1 atom stereocenters. The molecule has 0 amide bonds. The summed E-state index contributed by atoms with van der Waals surface area (Å²) in [4.78, 5) is 2.51. The Balaban J connectivity index is 3.43. The molecule has 0 spiro atoms. The molecule has 1 nitrogen and oxygen atoms in total.